The minimum absolute atomic E-state index is 0.0845. The molecule has 2 amide bonds. The Labute approximate surface area is 121 Å². The molecule has 0 atom stereocenters. The third-order valence-corrected chi connectivity index (χ3v) is 2.68. The van der Waals surface area contributed by atoms with Gasteiger partial charge in [-0.25, -0.2) is 8.78 Å². The van der Waals surface area contributed by atoms with Crippen LogP contribution in [0.2, 0.25) is 0 Å². The van der Waals surface area contributed by atoms with Crippen molar-refractivity contribution in [3.8, 4) is 0 Å². The van der Waals surface area contributed by atoms with Crippen molar-refractivity contribution in [1.82, 2.24) is 10.6 Å². The highest BCUT2D eigenvalue weighted by molar-refractivity contribution is 5.99. The van der Waals surface area contributed by atoms with Gasteiger partial charge in [-0.15, -0.1) is 0 Å². The highest BCUT2D eigenvalue weighted by Crippen LogP contribution is 2.16. The number of hydrogen-bond donors (Lipinski definition) is 3. The van der Waals surface area contributed by atoms with Crippen LogP contribution < -0.4 is 16.4 Å². The Kier molecular flexibility index (Phi) is 6.08. The van der Waals surface area contributed by atoms with E-state index < -0.39 is 17.5 Å². The summed E-state index contributed by atoms with van der Waals surface area (Å²) in [6.45, 7) is 4.58. The maximum absolute atomic E-state index is 13.1. The molecular formula is C14H19F2N3O2. The number of benzene rings is 1. The Hall–Kier alpha value is -2.18. The molecule has 0 radical (unpaired) electrons. The average Bonchev–Trinajstić information content (AvgIpc) is 2.40. The van der Waals surface area contributed by atoms with Crippen LogP contribution in [0.3, 0.4) is 0 Å². The molecule has 0 bridgehead atoms. The molecule has 0 fully saturated rings. The normalized spacial score (nSPS) is 10.5. The first-order chi connectivity index (χ1) is 9.81. The summed E-state index contributed by atoms with van der Waals surface area (Å²) in [5.41, 5.74) is 5.14. The Morgan fingerprint density at radius 1 is 1.19 bits per heavy atom. The van der Waals surface area contributed by atoms with E-state index in [0.717, 1.165) is 12.1 Å². The lowest BCUT2D eigenvalue weighted by molar-refractivity contribution is -0.121. The third kappa shape index (κ3) is 5.37. The molecule has 0 saturated carbocycles. The minimum atomic E-state index is -1.15. The van der Waals surface area contributed by atoms with Gasteiger partial charge in [-0.3, -0.25) is 9.59 Å². The minimum Gasteiger partial charge on any atom is -0.398 e. The monoisotopic (exact) mass is 299 g/mol. The smallest absolute Gasteiger partial charge is 0.253 e. The molecule has 0 aliphatic heterocycles. The van der Waals surface area contributed by atoms with Gasteiger partial charge in [0.05, 0.1) is 5.56 Å². The molecule has 0 unspecified atom stereocenters. The number of nitrogens with two attached hydrogens (primary N) is 1. The van der Waals surface area contributed by atoms with Gasteiger partial charge in [-0.1, -0.05) is 13.8 Å². The topological polar surface area (TPSA) is 84.2 Å². The van der Waals surface area contributed by atoms with Gasteiger partial charge in [-0.05, 0) is 12.0 Å². The van der Waals surface area contributed by atoms with E-state index in [1.165, 1.54) is 0 Å². The number of carbonyl (C=O) groups excluding carboxylic acids is 2. The average molecular weight is 299 g/mol. The van der Waals surface area contributed by atoms with Crippen LogP contribution in [-0.4, -0.2) is 24.9 Å². The van der Waals surface area contributed by atoms with Crippen molar-refractivity contribution in [2.75, 3.05) is 18.8 Å². The molecule has 5 nitrogen and oxygen atoms in total. The molecule has 0 saturated heterocycles. The summed E-state index contributed by atoms with van der Waals surface area (Å²) >= 11 is 0. The Morgan fingerprint density at radius 2 is 1.81 bits per heavy atom. The second kappa shape index (κ2) is 7.56. The van der Waals surface area contributed by atoms with Gasteiger partial charge in [0.25, 0.3) is 5.91 Å². The van der Waals surface area contributed by atoms with E-state index in [4.69, 9.17) is 5.73 Å². The van der Waals surface area contributed by atoms with Gasteiger partial charge in [0, 0.05) is 31.3 Å². The lowest BCUT2D eigenvalue weighted by Crippen LogP contribution is -2.32. The highest BCUT2D eigenvalue weighted by atomic mass is 19.2. The summed E-state index contributed by atoms with van der Waals surface area (Å²) in [4.78, 5) is 23.2. The van der Waals surface area contributed by atoms with Gasteiger partial charge in [0.15, 0.2) is 11.6 Å². The van der Waals surface area contributed by atoms with Gasteiger partial charge in [0.2, 0.25) is 5.91 Å². The second-order valence-corrected chi connectivity index (χ2v) is 5.06. The van der Waals surface area contributed by atoms with E-state index in [0.29, 0.717) is 12.5 Å². The van der Waals surface area contributed by atoms with E-state index in [1.54, 1.807) is 0 Å². The van der Waals surface area contributed by atoms with Crippen molar-refractivity contribution in [3.05, 3.63) is 29.3 Å². The fraction of sp³-hybridized carbons (Fsp3) is 0.429. The summed E-state index contributed by atoms with van der Waals surface area (Å²) in [5, 5.41) is 5.14. The fourth-order valence-corrected chi connectivity index (χ4v) is 1.55. The van der Waals surface area contributed by atoms with Crippen LogP contribution in [0.1, 0.15) is 30.6 Å². The Bertz CT molecular complexity index is 533. The van der Waals surface area contributed by atoms with Crippen LogP contribution in [0.15, 0.2) is 12.1 Å². The largest absolute Gasteiger partial charge is 0.398 e. The summed E-state index contributed by atoms with van der Waals surface area (Å²) in [5.74, 6) is -2.77. The molecule has 0 spiro atoms. The van der Waals surface area contributed by atoms with Crippen molar-refractivity contribution in [1.29, 1.82) is 0 Å². The second-order valence-electron chi connectivity index (χ2n) is 5.06. The Morgan fingerprint density at radius 3 is 2.43 bits per heavy atom. The van der Waals surface area contributed by atoms with Crippen molar-refractivity contribution in [2.45, 2.75) is 20.3 Å². The molecular weight excluding hydrogens is 280 g/mol. The van der Waals surface area contributed by atoms with Crippen molar-refractivity contribution in [2.24, 2.45) is 5.92 Å². The number of amides is 2. The molecule has 0 aromatic heterocycles. The van der Waals surface area contributed by atoms with Gasteiger partial charge < -0.3 is 16.4 Å². The molecule has 21 heavy (non-hydrogen) atoms. The molecule has 0 heterocycles. The van der Waals surface area contributed by atoms with E-state index in [9.17, 15) is 18.4 Å². The number of anilines is 1. The number of rotatable bonds is 6. The van der Waals surface area contributed by atoms with Crippen LogP contribution >= 0.6 is 0 Å². The Balaban J connectivity index is 2.48. The van der Waals surface area contributed by atoms with Gasteiger partial charge in [-0.2, -0.15) is 0 Å². The fourth-order valence-electron chi connectivity index (χ4n) is 1.55. The summed E-state index contributed by atoms with van der Waals surface area (Å²) in [7, 11) is 0. The highest BCUT2D eigenvalue weighted by Gasteiger charge is 2.14. The van der Waals surface area contributed by atoms with Crippen LogP contribution in [-0.2, 0) is 4.79 Å². The molecule has 4 N–H and O–H groups in total. The van der Waals surface area contributed by atoms with Crippen molar-refractivity contribution < 1.29 is 18.4 Å². The molecule has 1 aromatic carbocycles. The van der Waals surface area contributed by atoms with Gasteiger partial charge >= 0.3 is 0 Å². The summed E-state index contributed by atoms with van der Waals surface area (Å²) in [6, 6.07) is 1.48. The van der Waals surface area contributed by atoms with E-state index >= 15 is 0 Å². The third-order valence-electron chi connectivity index (χ3n) is 2.68. The lowest BCUT2D eigenvalue weighted by atomic mass is 10.1. The molecule has 116 valence electrons. The maximum atomic E-state index is 13.1. The first-order valence-electron chi connectivity index (χ1n) is 6.60. The van der Waals surface area contributed by atoms with E-state index in [1.807, 2.05) is 13.8 Å². The van der Waals surface area contributed by atoms with Crippen LogP contribution in [0, 0.1) is 17.6 Å². The number of nitrogens with one attached hydrogen (secondary N) is 2. The standard InChI is InChI=1S/C14H19F2N3O2/c1-8(2)7-19-13(20)3-4-18-14(21)9-5-10(15)11(16)6-12(9)17/h5-6,8H,3-4,7,17H2,1-2H3,(H,18,21)(H,19,20). The number of nitrogen functional groups attached to an aromatic ring is 1. The molecule has 0 aliphatic carbocycles. The maximum Gasteiger partial charge on any atom is 0.253 e. The van der Waals surface area contributed by atoms with E-state index in [2.05, 4.69) is 10.6 Å². The molecule has 7 heteroatoms. The summed E-state index contributed by atoms with van der Waals surface area (Å²) in [6.07, 6.45) is 0.0992. The van der Waals surface area contributed by atoms with Crippen LogP contribution in [0.25, 0.3) is 0 Å². The SMILES string of the molecule is CC(C)CNC(=O)CCNC(=O)c1cc(F)c(F)cc1N. The van der Waals surface area contributed by atoms with Crippen molar-refractivity contribution >= 4 is 17.5 Å². The predicted octanol–water partition coefficient (Wildman–Crippen LogP) is 1.44. The molecule has 1 rings (SSSR count). The van der Waals surface area contributed by atoms with Crippen LogP contribution in [0.4, 0.5) is 14.5 Å². The molecule has 0 aliphatic rings. The van der Waals surface area contributed by atoms with Crippen molar-refractivity contribution in [3.63, 3.8) is 0 Å². The van der Waals surface area contributed by atoms with E-state index in [-0.39, 0.29) is 30.1 Å². The quantitative estimate of drug-likeness (QED) is 0.695. The lowest BCUT2D eigenvalue weighted by Gasteiger charge is -2.09. The predicted molar refractivity (Wildman–Crippen MR) is 75.6 cm³/mol. The molecule has 1 aromatic rings. The number of carbonyl (C=O) groups is 2. The number of hydrogen-bond acceptors (Lipinski definition) is 3. The first-order valence-corrected chi connectivity index (χ1v) is 6.60. The van der Waals surface area contributed by atoms with Gasteiger partial charge in [0.1, 0.15) is 0 Å². The zero-order chi connectivity index (χ0) is 16.0. The summed E-state index contributed by atoms with van der Waals surface area (Å²) < 4.78 is 26.0. The number of halogens is 2. The zero-order valence-electron chi connectivity index (χ0n) is 12.0. The zero-order valence-corrected chi connectivity index (χ0v) is 12.0. The first kappa shape index (κ1) is 16.9. The van der Waals surface area contributed by atoms with Crippen LogP contribution in [0.5, 0.6) is 0 Å².